The third-order valence-corrected chi connectivity index (χ3v) is 3.16. The minimum Gasteiger partial charge on any atom is -0.383 e. The number of hydrogen-bond donors (Lipinski definition) is 1. The molecule has 0 bridgehead atoms. The van der Waals surface area contributed by atoms with Crippen LogP contribution in [-0.2, 0) is 17.7 Å². The number of aromatic nitrogens is 3. The summed E-state index contributed by atoms with van der Waals surface area (Å²) in [5, 5.41) is 4.82. The summed E-state index contributed by atoms with van der Waals surface area (Å²) in [6.45, 7) is 1.21. The minimum absolute atomic E-state index is 0.212. The molecule has 0 aliphatic heterocycles. The van der Waals surface area contributed by atoms with Gasteiger partial charge in [-0.3, -0.25) is 9.67 Å². The SMILES string of the molecule is COCCn1ncc(Cl)c1C(N)Cc1cccnc1. The first-order valence-electron chi connectivity index (χ1n) is 6.07. The highest BCUT2D eigenvalue weighted by Crippen LogP contribution is 2.23. The quantitative estimate of drug-likeness (QED) is 0.876. The number of hydrogen-bond acceptors (Lipinski definition) is 4. The molecule has 2 aromatic rings. The molecule has 0 saturated carbocycles. The van der Waals surface area contributed by atoms with E-state index in [1.807, 2.05) is 18.3 Å². The number of ether oxygens (including phenoxy) is 1. The molecule has 2 rings (SSSR count). The van der Waals surface area contributed by atoms with Gasteiger partial charge >= 0.3 is 0 Å². The number of methoxy groups -OCH3 is 1. The normalized spacial score (nSPS) is 12.6. The van der Waals surface area contributed by atoms with Gasteiger partial charge in [0.25, 0.3) is 0 Å². The Bertz CT molecular complexity index is 515. The molecular weight excluding hydrogens is 264 g/mol. The van der Waals surface area contributed by atoms with Gasteiger partial charge in [-0.05, 0) is 18.1 Å². The minimum atomic E-state index is -0.212. The molecule has 2 heterocycles. The predicted molar refractivity (Wildman–Crippen MR) is 74.0 cm³/mol. The largest absolute Gasteiger partial charge is 0.383 e. The van der Waals surface area contributed by atoms with Crippen molar-refractivity contribution in [2.24, 2.45) is 5.73 Å². The van der Waals surface area contributed by atoms with Crippen molar-refractivity contribution >= 4 is 11.6 Å². The molecule has 102 valence electrons. The molecular formula is C13H17ClN4O. The average molecular weight is 281 g/mol. The Morgan fingerprint density at radius 2 is 2.32 bits per heavy atom. The summed E-state index contributed by atoms with van der Waals surface area (Å²) in [6.07, 6.45) is 5.84. The summed E-state index contributed by atoms with van der Waals surface area (Å²) in [5.41, 5.74) is 8.14. The Balaban J connectivity index is 2.14. The van der Waals surface area contributed by atoms with Gasteiger partial charge in [-0.25, -0.2) is 0 Å². The van der Waals surface area contributed by atoms with Crippen molar-refractivity contribution in [2.45, 2.75) is 19.0 Å². The zero-order chi connectivity index (χ0) is 13.7. The van der Waals surface area contributed by atoms with Gasteiger partial charge < -0.3 is 10.5 Å². The highest BCUT2D eigenvalue weighted by molar-refractivity contribution is 6.31. The van der Waals surface area contributed by atoms with Crippen molar-refractivity contribution in [2.75, 3.05) is 13.7 Å². The van der Waals surface area contributed by atoms with Crippen LogP contribution in [0.25, 0.3) is 0 Å². The van der Waals surface area contributed by atoms with Crippen molar-refractivity contribution in [3.8, 4) is 0 Å². The van der Waals surface area contributed by atoms with Gasteiger partial charge in [0, 0.05) is 19.5 Å². The number of rotatable bonds is 6. The number of halogens is 1. The molecule has 2 aromatic heterocycles. The molecule has 6 heteroatoms. The monoisotopic (exact) mass is 280 g/mol. The van der Waals surface area contributed by atoms with E-state index in [0.717, 1.165) is 11.3 Å². The molecule has 0 saturated heterocycles. The third-order valence-electron chi connectivity index (χ3n) is 2.87. The lowest BCUT2D eigenvalue weighted by molar-refractivity contribution is 0.182. The lowest BCUT2D eigenvalue weighted by atomic mass is 10.1. The molecule has 1 atom stereocenters. The standard InChI is InChI=1S/C13H17ClN4O/c1-19-6-5-18-13(11(14)9-17-18)12(15)7-10-3-2-4-16-8-10/h2-4,8-9,12H,5-7,15H2,1H3. The molecule has 5 nitrogen and oxygen atoms in total. The summed E-state index contributed by atoms with van der Waals surface area (Å²) in [4.78, 5) is 4.08. The molecule has 2 N–H and O–H groups in total. The highest BCUT2D eigenvalue weighted by atomic mass is 35.5. The lowest BCUT2D eigenvalue weighted by Gasteiger charge is -2.14. The van der Waals surface area contributed by atoms with Crippen molar-refractivity contribution in [1.29, 1.82) is 0 Å². The van der Waals surface area contributed by atoms with Gasteiger partial charge in [-0.2, -0.15) is 5.10 Å². The highest BCUT2D eigenvalue weighted by Gasteiger charge is 2.17. The van der Waals surface area contributed by atoms with E-state index in [1.54, 1.807) is 24.2 Å². The zero-order valence-electron chi connectivity index (χ0n) is 10.8. The van der Waals surface area contributed by atoms with Crippen molar-refractivity contribution in [3.63, 3.8) is 0 Å². The van der Waals surface area contributed by atoms with Crippen LogP contribution in [0.3, 0.4) is 0 Å². The van der Waals surface area contributed by atoms with Gasteiger partial charge in [-0.1, -0.05) is 17.7 Å². The maximum absolute atomic E-state index is 6.23. The van der Waals surface area contributed by atoms with Crippen molar-refractivity contribution in [1.82, 2.24) is 14.8 Å². The van der Waals surface area contributed by atoms with Crippen LogP contribution in [0.4, 0.5) is 0 Å². The van der Waals surface area contributed by atoms with Gasteiger partial charge in [0.2, 0.25) is 0 Å². The number of nitrogens with zero attached hydrogens (tertiary/aromatic N) is 3. The molecule has 0 aliphatic rings. The van der Waals surface area contributed by atoms with Gasteiger partial charge in [0.15, 0.2) is 0 Å². The Morgan fingerprint density at radius 3 is 3.00 bits per heavy atom. The van der Waals surface area contributed by atoms with Gasteiger partial charge in [0.1, 0.15) is 0 Å². The Hall–Kier alpha value is -1.43. The average Bonchev–Trinajstić information content (AvgIpc) is 2.78. The topological polar surface area (TPSA) is 66.0 Å². The van der Waals surface area contributed by atoms with Crippen molar-refractivity contribution in [3.05, 3.63) is 47.0 Å². The van der Waals surface area contributed by atoms with E-state index in [-0.39, 0.29) is 6.04 Å². The fraction of sp³-hybridized carbons (Fsp3) is 0.385. The van der Waals surface area contributed by atoms with Crippen LogP contribution in [0.5, 0.6) is 0 Å². The van der Waals surface area contributed by atoms with Crippen LogP contribution in [0.2, 0.25) is 5.02 Å². The van der Waals surface area contributed by atoms with E-state index in [9.17, 15) is 0 Å². The van der Waals surface area contributed by atoms with Crippen molar-refractivity contribution < 1.29 is 4.74 Å². The fourth-order valence-corrected chi connectivity index (χ4v) is 2.25. The molecule has 0 spiro atoms. The summed E-state index contributed by atoms with van der Waals surface area (Å²) < 4.78 is 6.85. The van der Waals surface area contributed by atoms with Gasteiger partial charge in [0.05, 0.1) is 36.1 Å². The third kappa shape index (κ3) is 3.53. The van der Waals surface area contributed by atoms with Crippen LogP contribution in [0, 0.1) is 0 Å². The maximum Gasteiger partial charge on any atom is 0.0834 e. The first-order chi connectivity index (χ1) is 9.22. The van der Waals surface area contributed by atoms with E-state index < -0.39 is 0 Å². The molecule has 1 unspecified atom stereocenters. The summed E-state index contributed by atoms with van der Waals surface area (Å²) in [7, 11) is 1.65. The van der Waals surface area contributed by atoms with Gasteiger partial charge in [-0.15, -0.1) is 0 Å². The first kappa shape index (κ1) is 14.0. The molecule has 19 heavy (non-hydrogen) atoms. The lowest BCUT2D eigenvalue weighted by Crippen LogP contribution is -2.20. The fourth-order valence-electron chi connectivity index (χ4n) is 1.97. The molecule has 0 amide bonds. The molecule has 0 aromatic carbocycles. The van der Waals surface area contributed by atoms with Crippen LogP contribution >= 0.6 is 11.6 Å². The number of pyridine rings is 1. The second-order valence-electron chi connectivity index (χ2n) is 4.27. The summed E-state index contributed by atoms with van der Waals surface area (Å²) in [5.74, 6) is 0. The van der Waals surface area contributed by atoms with Crippen LogP contribution in [0.1, 0.15) is 17.3 Å². The van der Waals surface area contributed by atoms with E-state index >= 15 is 0 Å². The molecule has 0 radical (unpaired) electrons. The van der Waals surface area contributed by atoms with E-state index in [2.05, 4.69) is 10.1 Å². The smallest absolute Gasteiger partial charge is 0.0834 e. The van der Waals surface area contributed by atoms with E-state index in [4.69, 9.17) is 22.1 Å². The Labute approximate surface area is 117 Å². The maximum atomic E-state index is 6.23. The molecule has 0 fully saturated rings. The number of nitrogens with two attached hydrogens (primary N) is 1. The Kier molecular flexibility index (Phi) is 4.90. The predicted octanol–water partition coefficient (Wildman–Crippen LogP) is 1.82. The van der Waals surface area contributed by atoms with Crippen LogP contribution < -0.4 is 5.73 Å². The summed E-state index contributed by atoms with van der Waals surface area (Å²) in [6, 6.07) is 3.68. The van der Waals surface area contributed by atoms with Crippen LogP contribution in [0.15, 0.2) is 30.7 Å². The first-order valence-corrected chi connectivity index (χ1v) is 6.44. The molecule has 0 aliphatic carbocycles. The Morgan fingerprint density at radius 1 is 1.47 bits per heavy atom. The summed E-state index contributed by atoms with van der Waals surface area (Å²) >= 11 is 6.17. The van der Waals surface area contributed by atoms with E-state index in [0.29, 0.717) is 24.6 Å². The second-order valence-corrected chi connectivity index (χ2v) is 4.67. The zero-order valence-corrected chi connectivity index (χ0v) is 11.5. The van der Waals surface area contributed by atoms with E-state index in [1.165, 1.54) is 0 Å². The second kappa shape index (κ2) is 6.65. The van der Waals surface area contributed by atoms with Crippen LogP contribution in [-0.4, -0.2) is 28.5 Å².